The van der Waals surface area contributed by atoms with Crippen LogP contribution in [0.25, 0.3) is 0 Å². The Balaban J connectivity index is 2.16. The number of rotatable bonds is 3. The Morgan fingerprint density at radius 1 is 1.42 bits per heavy atom. The van der Waals surface area contributed by atoms with Crippen molar-refractivity contribution in [2.45, 2.75) is 32.0 Å². The van der Waals surface area contributed by atoms with Gasteiger partial charge in [0, 0.05) is 0 Å². The average Bonchev–Trinajstić information content (AvgIpc) is 2.30. The summed E-state index contributed by atoms with van der Waals surface area (Å²) in [4.78, 5) is 25.5. The van der Waals surface area contributed by atoms with Crippen molar-refractivity contribution in [3.05, 3.63) is 0 Å². The summed E-state index contributed by atoms with van der Waals surface area (Å²) < 4.78 is 9.76. The van der Waals surface area contributed by atoms with Crippen LogP contribution in [-0.2, 0) is 9.26 Å². The van der Waals surface area contributed by atoms with E-state index in [1.165, 1.54) is 0 Å². The van der Waals surface area contributed by atoms with Gasteiger partial charge in [-0.05, 0) is 0 Å². The van der Waals surface area contributed by atoms with Gasteiger partial charge in [-0.25, -0.2) is 0 Å². The monoisotopic (exact) mass is 198 g/mol. The molecule has 74 valence electrons. The molecule has 0 unspecified atom stereocenters. The molecule has 0 aromatic carbocycles. The molecule has 0 saturated carbocycles. The van der Waals surface area contributed by atoms with Crippen molar-refractivity contribution in [3.8, 4) is 0 Å². The zero-order chi connectivity index (χ0) is 9.19. The maximum absolute atomic E-state index is 8.52. The molecule has 1 saturated heterocycles. The molecule has 0 radical (unpaired) electrons. The Bertz CT molecular complexity index is 145. The van der Waals surface area contributed by atoms with E-state index in [0.29, 0.717) is 0 Å². The standard InChI is InChI=1S/C6H15O5P/c1-5-2-3-6(11-5)4-10-12(7,8)9/h5-9,12H,2-4H2,1H3/t5-,6-/m0/s1. The number of ether oxygens (including phenoxy) is 1. The minimum absolute atomic E-state index is 0.0556. The molecule has 1 fully saturated rings. The number of hydrogen-bond donors (Lipinski definition) is 3. The van der Waals surface area contributed by atoms with Gasteiger partial charge in [-0.1, -0.05) is 0 Å². The Morgan fingerprint density at radius 2 is 2.08 bits per heavy atom. The normalized spacial score (nSPS) is 32.3. The van der Waals surface area contributed by atoms with Crippen LogP contribution in [0.5, 0.6) is 0 Å². The SMILES string of the molecule is C[C@H]1CC[C@@H](CO[PH](O)(O)O)O1. The van der Waals surface area contributed by atoms with Crippen molar-refractivity contribution >= 4 is 8.17 Å². The average molecular weight is 198 g/mol. The van der Waals surface area contributed by atoms with Crippen LogP contribution in [0.1, 0.15) is 19.8 Å². The molecule has 1 aliphatic rings. The summed E-state index contributed by atoms with van der Waals surface area (Å²) in [5.74, 6) is 0. The van der Waals surface area contributed by atoms with Crippen LogP contribution < -0.4 is 0 Å². The van der Waals surface area contributed by atoms with E-state index in [4.69, 9.17) is 19.4 Å². The molecule has 3 N–H and O–H groups in total. The molecule has 0 spiro atoms. The van der Waals surface area contributed by atoms with Crippen molar-refractivity contribution in [2.75, 3.05) is 6.61 Å². The van der Waals surface area contributed by atoms with Crippen LogP contribution in [0.15, 0.2) is 0 Å². The molecule has 0 bridgehead atoms. The van der Waals surface area contributed by atoms with Gasteiger partial charge in [-0.2, -0.15) is 0 Å². The van der Waals surface area contributed by atoms with Crippen molar-refractivity contribution < 1.29 is 23.9 Å². The zero-order valence-electron chi connectivity index (χ0n) is 6.93. The van der Waals surface area contributed by atoms with E-state index in [0.717, 1.165) is 12.8 Å². The zero-order valence-corrected chi connectivity index (χ0v) is 7.93. The van der Waals surface area contributed by atoms with Gasteiger partial charge in [0.2, 0.25) is 0 Å². The van der Waals surface area contributed by atoms with Crippen molar-refractivity contribution in [1.29, 1.82) is 0 Å². The molecular formula is C6H15O5P. The predicted molar refractivity (Wildman–Crippen MR) is 44.5 cm³/mol. The van der Waals surface area contributed by atoms with E-state index in [1.807, 2.05) is 6.92 Å². The molecule has 6 heteroatoms. The minimum atomic E-state index is -4.33. The van der Waals surface area contributed by atoms with Gasteiger partial charge in [-0.15, -0.1) is 0 Å². The summed E-state index contributed by atoms with van der Waals surface area (Å²) in [6.07, 6.45) is 1.88. The molecule has 12 heavy (non-hydrogen) atoms. The fraction of sp³-hybridized carbons (Fsp3) is 1.00. The van der Waals surface area contributed by atoms with Gasteiger partial charge >= 0.3 is 70.7 Å². The van der Waals surface area contributed by atoms with Crippen molar-refractivity contribution in [3.63, 3.8) is 0 Å². The molecule has 0 aromatic heterocycles. The van der Waals surface area contributed by atoms with Crippen molar-refractivity contribution in [2.24, 2.45) is 0 Å². The first-order chi connectivity index (χ1) is 5.47. The molecule has 1 heterocycles. The maximum atomic E-state index is 8.52. The molecule has 0 aromatic rings. The van der Waals surface area contributed by atoms with Crippen LogP contribution >= 0.6 is 8.17 Å². The molecular weight excluding hydrogens is 183 g/mol. The predicted octanol–water partition coefficient (Wildman–Crippen LogP) is -0.0427. The fourth-order valence-electron chi connectivity index (χ4n) is 1.21. The Labute approximate surface area is 71.6 Å². The molecule has 1 aliphatic heterocycles. The summed E-state index contributed by atoms with van der Waals surface area (Å²) in [7, 11) is -4.33. The van der Waals surface area contributed by atoms with Crippen LogP contribution in [0.4, 0.5) is 0 Å². The molecule has 0 amide bonds. The van der Waals surface area contributed by atoms with Crippen LogP contribution in [0.3, 0.4) is 0 Å². The van der Waals surface area contributed by atoms with E-state index in [2.05, 4.69) is 4.52 Å². The first-order valence-corrected chi connectivity index (χ1v) is 5.69. The van der Waals surface area contributed by atoms with E-state index >= 15 is 0 Å². The summed E-state index contributed by atoms with van der Waals surface area (Å²) in [6, 6.07) is 0. The van der Waals surface area contributed by atoms with E-state index < -0.39 is 8.17 Å². The van der Waals surface area contributed by atoms with Crippen LogP contribution in [-0.4, -0.2) is 33.5 Å². The molecule has 1 rings (SSSR count). The van der Waals surface area contributed by atoms with Gasteiger partial charge in [0.05, 0.1) is 0 Å². The van der Waals surface area contributed by atoms with Crippen LogP contribution in [0.2, 0.25) is 0 Å². The quantitative estimate of drug-likeness (QED) is 0.554. The Kier molecular flexibility index (Phi) is 3.40. The first-order valence-electron chi connectivity index (χ1n) is 3.94. The Morgan fingerprint density at radius 3 is 2.50 bits per heavy atom. The summed E-state index contributed by atoms with van der Waals surface area (Å²) in [5, 5.41) is 0. The Hall–Kier alpha value is 0.230. The third kappa shape index (κ3) is 3.76. The molecule has 0 aliphatic carbocycles. The fourth-order valence-corrected chi connectivity index (χ4v) is 1.62. The van der Waals surface area contributed by atoms with Crippen LogP contribution in [0, 0.1) is 0 Å². The second-order valence-corrected chi connectivity index (χ2v) is 4.47. The van der Waals surface area contributed by atoms with Gasteiger partial charge in [0.1, 0.15) is 0 Å². The summed E-state index contributed by atoms with van der Waals surface area (Å²) in [5.41, 5.74) is 0. The van der Waals surface area contributed by atoms with E-state index in [9.17, 15) is 0 Å². The topological polar surface area (TPSA) is 79.2 Å². The summed E-state index contributed by atoms with van der Waals surface area (Å²) in [6.45, 7) is 2.00. The van der Waals surface area contributed by atoms with Gasteiger partial charge in [0.25, 0.3) is 0 Å². The van der Waals surface area contributed by atoms with Gasteiger partial charge in [0.15, 0.2) is 0 Å². The van der Waals surface area contributed by atoms with Gasteiger partial charge < -0.3 is 0 Å². The van der Waals surface area contributed by atoms with Gasteiger partial charge in [-0.3, -0.25) is 0 Å². The second-order valence-electron chi connectivity index (χ2n) is 3.03. The van der Waals surface area contributed by atoms with Crippen molar-refractivity contribution in [1.82, 2.24) is 0 Å². The molecule has 5 nitrogen and oxygen atoms in total. The molecule has 2 atom stereocenters. The van der Waals surface area contributed by atoms with E-state index in [1.54, 1.807) is 0 Å². The summed E-state index contributed by atoms with van der Waals surface area (Å²) >= 11 is 0. The second kappa shape index (κ2) is 3.96. The first kappa shape index (κ1) is 10.3. The van der Waals surface area contributed by atoms with E-state index in [-0.39, 0.29) is 18.8 Å². The third-order valence-corrected chi connectivity index (χ3v) is 2.34. The number of hydrogen-bond acceptors (Lipinski definition) is 5. The third-order valence-electron chi connectivity index (χ3n) is 1.78.